The zero-order valence-electron chi connectivity index (χ0n) is 26.2. The van der Waals surface area contributed by atoms with Gasteiger partial charge in [0.15, 0.2) is 5.65 Å². The standard InChI is InChI=1S/C35H35BrN6O3S/c1-21(2)28-16-15-26-31(41-28)38-20-39-32(26)42-29-18-22(33(43)37-19-23-8-6-7-9-27(23)36)10-17-30(29)46-25-13-11-24(12-14-25)40-34(44)45-35(3,4)5/h6-18,20-21H,19H2,1-5H3,(H,37,43)(H,40,44)(H,38,39,41,42). The molecule has 236 valence electrons. The Morgan fingerprint density at radius 3 is 2.43 bits per heavy atom. The molecule has 2 amide bonds. The molecule has 0 saturated carbocycles. The molecule has 46 heavy (non-hydrogen) atoms. The Bertz CT molecular complexity index is 1880. The number of rotatable bonds is 9. The Balaban J connectivity index is 1.42. The van der Waals surface area contributed by atoms with E-state index in [9.17, 15) is 9.59 Å². The van der Waals surface area contributed by atoms with Crippen molar-refractivity contribution in [3.05, 3.63) is 106 Å². The number of carbonyl (C=O) groups is 2. The smallest absolute Gasteiger partial charge is 0.412 e. The maximum Gasteiger partial charge on any atom is 0.412 e. The molecule has 9 nitrogen and oxygen atoms in total. The van der Waals surface area contributed by atoms with Crippen LogP contribution in [0.25, 0.3) is 11.0 Å². The fraction of sp³-hybridized carbons (Fsp3) is 0.229. The number of fused-ring (bicyclic) bond motifs is 1. The molecule has 0 aliphatic heterocycles. The van der Waals surface area contributed by atoms with Crippen LogP contribution in [0.5, 0.6) is 0 Å². The third-order valence-corrected chi connectivity index (χ3v) is 8.59. The van der Waals surface area contributed by atoms with E-state index < -0.39 is 11.7 Å². The highest BCUT2D eigenvalue weighted by Gasteiger charge is 2.17. The van der Waals surface area contributed by atoms with Gasteiger partial charge in [0.05, 0.1) is 11.1 Å². The van der Waals surface area contributed by atoms with E-state index in [0.29, 0.717) is 34.9 Å². The minimum absolute atomic E-state index is 0.205. The number of amides is 2. The van der Waals surface area contributed by atoms with E-state index in [4.69, 9.17) is 9.72 Å². The number of ether oxygens (including phenoxy) is 1. The molecule has 2 aromatic heterocycles. The Morgan fingerprint density at radius 1 is 0.957 bits per heavy atom. The molecule has 0 fully saturated rings. The van der Waals surface area contributed by atoms with Gasteiger partial charge in [0.25, 0.3) is 5.91 Å². The van der Waals surface area contributed by atoms with Gasteiger partial charge in [0.2, 0.25) is 0 Å². The number of halogens is 1. The molecule has 5 rings (SSSR count). The number of aromatic nitrogens is 3. The number of carbonyl (C=O) groups excluding carboxylic acids is 2. The summed E-state index contributed by atoms with van der Waals surface area (Å²) in [5.41, 5.74) is 3.74. The van der Waals surface area contributed by atoms with E-state index in [1.165, 1.54) is 18.1 Å². The highest BCUT2D eigenvalue weighted by molar-refractivity contribution is 9.10. The zero-order chi connectivity index (χ0) is 32.8. The van der Waals surface area contributed by atoms with E-state index in [2.05, 4.69) is 55.7 Å². The predicted octanol–water partition coefficient (Wildman–Crippen LogP) is 9.08. The van der Waals surface area contributed by atoms with Crippen molar-refractivity contribution in [2.45, 2.75) is 62.5 Å². The van der Waals surface area contributed by atoms with Crippen molar-refractivity contribution in [1.82, 2.24) is 20.3 Å². The second kappa shape index (κ2) is 14.3. The normalized spacial score (nSPS) is 11.4. The molecule has 0 saturated heterocycles. The van der Waals surface area contributed by atoms with Gasteiger partial charge in [0.1, 0.15) is 17.7 Å². The Morgan fingerprint density at radius 2 is 1.72 bits per heavy atom. The van der Waals surface area contributed by atoms with Crippen molar-refractivity contribution in [2.75, 3.05) is 10.6 Å². The molecule has 2 heterocycles. The molecule has 11 heteroatoms. The molecule has 0 bridgehead atoms. The van der Waals surface area contributed by atoms with Crippen LogP contribution in [0, 0.1) is 0 Å². The average molecular weight is 700 g/mol. The number of nitrogens with zero attached hydrogens (tertiary/aromatic N) is 3. The van der Waals surface area contributed by atoms with E-state index in [-0.39, 0.29) is 11.8 Å². The maximum atomic E-state index is 13.3. The first-order valence-electron chi connectivity index (χ1n) is 14.8. The van der Waals surface area contributed by atoms with Crippen LogP contribution in [0.15, 0.2) is 99.5 Å². The summed E-state index contributed by atoms with van der Waals surface area (Å²) in [6.07, 6.45) is 0.971. The van der Waals surface area contributed by atoms with Crippen LogP contribution in [0.3, 0.4) is 0 Å². The molecular formula is C35H35BrN6O3S. The highest BCUT2D eigenvalue weighted by atomic mass is 79.9. The van der Waals surface area contributed by atoms with Gasteiger partial charge in [-0.15, -0.1) is 0 Å². The molecule has 5 aromatic rings. The fourth-order valence-electron chi connectivity index (χ4n) is 4.44. The van der Waals surface area contributed by atoms with Gasteiger partial charge in [-0.05, 0) is 92.9 Å². The van der Waals surface area contributed by atoms with Crippen molar-refractivity contribution in [3.8, 4) is 0 Å². The summed E-state index contributed by atoms with van der Waals surface area (Å²) in [5, 5.41) is 9.99. The molecule has 3 N–H and O–H groups in total. The first-order valence-corrected chi connectivity index (χ1v) is 16.4. The zero-order valence-corrected chi connectivity index (χ0v) is 28.6. The number of nitrogens with one attached hydrogen (secondary N) is 3. The predicted molar refractivity (Wildman–Crippen MR) is 187 cm³/mol. The highest BCUT2D eigenvalue weighted by Crippen LogP contribution is 2.37. The molecule has 0 aliphatic carbocycles. The lowest BCUT2D eigenvalue weighted by molar-refractivity contribution is 0.0635. The van der Waals surface area contributed by atoms with Crippen molar-refractivity contribution in [2.24, 2.45) is 0 Å². The summed E-state index contributed by atoms with van der Waals surface area (Å²) < 4.78 is 6.29. The number of benzene rings is 3. The Hall–Kier alpha value is -4.48. The van der Waals surface area contributed by atoms with Gasteiger partial charge in [-0.25, -0.2) is 19.7 Å². The van der Waals surface area contributed by atoms with Crippen molar-refractivity contribution in [1.29, 1.82) is 0 Å². The van der Waals surface area contributed by atoms with E-state index in [0.717, 1.165) is 30.9 Å². The third kappa shape index (κ3) is 8.61. The Kier molecular flexibility index (Phi) is 10.2. The van der Waals surface area contributed by atoms with Crippen LogP contribution in [0.2, 0.25) is 0 Å². The van der Waals surface area contributed by atoms with Gasteiger partial charge in [-0.1, -0.05) is 59.7 Å². The molecular weight excluding hydrogens is 664 g/mol. The molecule has 0 spiro atoms. The summed E-state index contributed by atoms with van der Waals surface area (Å²) >= 11 is 5.06. The first kappa shape index (κ1) is 32.9. The van der Waals surface area contributed by atoms with E-state index in [1.807, 2.05) is 93.6 Å². The van der Waals surface area contributed by atoms with E-state index in [1.54, 1.807) is 6.07 Å². The topological polar surface area (TPSA) is 118 Å². The summed E-state index contributed by atoms with van der Waals surface area (Å²) in [4.78, 5) is 40.9. The lowest BCUT2D eigenvalue weighted by atomic mass is 10.1. The average Bonchev–Trinajstić information content (AvgIpc) is 3.01. The third-order valence-electron chi connectivity index (χ3n) is 6.73. The largest absolute Gasteiger partial charge is 0.444 e. The van der Waals surface area contributed by atoms with Crippen LogP contribution in [-0.4, -0.2) is 32.6 Å². The second-order valence-electron chi connectivity index (χ2n) is 11.8. The molecule has 0 unspecified atom stereocenters. The molecule has 3 aromatic carbocycles. The van der Waals surface area contributed by atoms with Gasteiger partial charge in [0, 0.05) is 37.8 Å². The monoisotopic (exact) mass is 698 g/mol. The van der Waals surface area contributed by atoms with Crippen LogP contribution >= 0.6 is 27.7 Å². The van der Waals surface area contributed by atoms with Gasteiger partial charge in [-0.3, -0.25) is 10.1 Å². The lowest BCUT2D eigenvalue weighted by Crippen LogP contribution is -2.27. The second-order valence-corrected chi connectivity index (χ2v) is 13.8. The van der Waals surface area contributed by atoms with Crippen molar-refractivity contribution >= 4 is 67.9 Å². The number of hydrogen-bond donors (Lipinski definition) is 3. The quantitative estimate of drug-likeness (QED) is 0.140. The van der Waals surface area contributed by atoms with Crippen molar-refractivity contribution in [3.63, 3.8) is 0 Å². The van der Waals surface area contributed by atoms with Gasteiger partial charge in [-0.2, -0.15) is 0 Å². The minimum Gasteiger partial charge on any atom is -0.444 e. The van der Waals surface area contributed by atoms with Crippen molar-refractivity contribution < 1.29 is 14.3 Å². The van der Waals surface area contributed by atoms with Gasteiger partial charge >= 0.3 is 6.09 Å². The minimum atomic E-state index is -0.591. The summed E-state index contributed by atoms with van der Waals surface area (Å²) in [6, 6.07) is 24.7. The van der Waals surface area contributed by atoms with Crippen LogP contribution in [0.4, 0.5) is 22.0 Å². The Labute approximate surface area is 281 Å². The van der Waals surface area contributed by atoms with Crippen LogP contribution in [-0.2, 0) is 11.3 Å². The first-order chi connectivity index (χ1) is 21.9. The molecule has 0 atom stereocenters. The number of hydrogen-bond acceptors (Lipinski definition) is 8. The summed E-state index contributed by atoms with van der Waals surface area (Å²) in [7, 11) is 0. The summed E-state index contributed by atoms with van der Waals surface area (Å²) in [5.74, 6) is 0.636. The molecule has 0 aliphatic rings. The maximum absolute atomic E-state index is 13.3. The number of pyridine rings is 1. The molecule has 0 radical (unpaired) electrons. The van der Waals surface area contributed by atoms with Crippen LogP contribution in [0.1, 0.15) is 62.2 Å². The SMILES string of the molecule is CC(C)c1ccc2c(Nc3cc(C(=O)NCc4ccccc4Br)ccc3Sc3ccc(NC(=O)OC(C)(C)C)cc3)ncnc2n1. The number of anilines is 3. The van der Waals surface area contributed by atoms with E-state index >= 15 is 0 Å². The summed E-state index contributed by atoms with van der Waals surface area (Å²) in [6.45, 7) is 10.0. The van der Waals surface area contributed by atoms with Gasteiger partial charge < -0.3 is 15.4 Å². The lowest BCUT2D eigenvalue weighted by Gasteiger charge is -2.19. The fourth-order valence-corrected chi connectivity index (χ4v) is 5.74. The van der Waals surface area contributed by atoms with Crippen LogP contribution < -0.4 is 16.0 Å².